The van der Waals surface area contributed by atoms with E-state index in [9.17, 15) is 14.7 Å². The summed E-state index contributed by atoms with van der Waals surface area (Å²) in [5, 5.41) is 21.0. The second-order valence-corrected chi connectivity index (χ2v) is 12.3. The van der Waals surface area contributed by atoms with Gasteiger partial charge >= 0.3 is 5.97 Å². The smallest absolute Gasteiger partial charge is 0.303 e. The van der Waals surface area contributed by atoms with E-state index in [1.54, 1.807) is 23.1 Å². The van der Waals surface area contributed by atoms with Crippen LogP contribution in [0.15, 0.2) is 77.1 Å². The Kier molecular flexibility index (Phi) is 9.68. The zero-order chi connectivity index (χ0) is 28.8. The van der Waals surface area contributed by atoms with Gasteiger partial charge in [0, 0.05) is 30.2 Å². The molecule has 0 aliphatic carbocycles. The van der Waals surface area contributed by atoms with E-state index in [-0.39, 0.29) is 43.5 Å². The molecule has 5 rings (SSSR count). The molecular formula is C31H32N2O6S2. The van der Waals surface area contributed by atoms with Gasteiger partial charge in [0.15, 0.2) is 10.6 Å². The quantitative estimate of drug-likeness (QED) is 0.186. The van der Waals surface area contributed by atoms with Crippen molar-refractivity contribution in [3.63, 3.8) is 0 Å². The van der Waals surface area contributed by atoms with Gasteiger partial charge < -0.3 is 25.0 Å². The van der Waals surface area contributed by atoms with E-state index in [2.05, 4.69) is 18.3 Å². The molecule has 1 fully saturated rings. The fourth-order valence-corrected chi connectivity index (χ4v) is 6.94. The zero-order valence-corrected chi connectivity index (χ0v) is 24.2. The molecule has 10 heteroatoms. The molecule has 3 N–H and O–H groups in total. The van der Waals surface area contributed by atoms with Crippen molar-refractivity contribution in [2.45, 2.75) is 55.8 Å². The maximum atomic E-state index is 11.9. The Hall–Kier alpha value is -3.28. The standard InChI is InChI=1S/C31H32N2O6S2/c1-19-25(18-40-31-33-24-4-2-3-5-26(24)41-31)38-30(39-29(19)22-10-8-21(17-34)9-11-22)23-12-6-20(7-13-23)16-32-27(35)14-15-28(36)37/h2-13,19,25,29-30,34H,14-18H2,1H3,(H,32,35)(H,36,37)/t19-,25+,29+,30+/m0/s1. The number of ether oxygens (including phenoxy) is 2. The molecular weight excluding hydrogens is 560 g/mol. The maximum absolute atomic E-state index is 11.9. The fourth-order valence-electron chi connectivity index (χ4n) is 4.68. The van der Waals surface area contributed by atoms with Gasteiger partial charge in [-0.15, -0.1) is 11.3 Å². The lowest BCUT2D eigenvalue weighted by atomic mass is 9.91. The molecule has 1 saturated heterocycles. The van der Waals surface area contributed by atoms with E-state index in [1.807, 2.05) is 66.7 Å². The Morgan fingerprint density at radius 1 is 0.951 bits per heavy atom. The summed E-state index contributed by atoms with van der Waals surface area (Å²) < 4.78 is 15.2. The molecule has 0 spiro atoms. The van der Waals surface area contributed by atoms with Gasteiger partial charge in [-0.3, -0.25) is 9.59 Å². The first kappa shape index (κ1) is 29.2. The van der Waals surface area contributed by atoms with Gasteiger partial charge in [0.2, 0.25) is 5.91 Å². The number of aliphatic hydroxyl groups excluding tert-OH is 1. The van der Waals surface area contributed by atoms with Crippen LogP contribution in [0.25, 0.3) is 10.2 Å². The Balaban J connectivity index is 1.30. The van der Waals surface area contributed by atoms with E-state index in [0.29, 0.717) is 12.3 Å². The number of carbonyl (C=O) groups excluding carboxylic acids is 1. The Bertz CT molecular complexity index is 1440. The van der Waals surface area contributed by atoms with E-state index in [1.165, 1.54) is 0 Å². The van der Waals surface area contributed by atoms with Crippen LogP contribution < -0.4 is 5.32 Å². The third-order valence-electron chi connectivity index (χ3n) is 7.08. The van der Waals surface area contributed by atoms with Crippen molar-refractivity contribution >= 4 is 45.2 Å². The Morgan fingerprint density at radius 3 is 2.37 bits per heavy atom. The van der Waals surface area contributed by atoms with Gasteiger partial charge in [0.05, 0.1) is 35.5 Å². The highest BCUT2D eigenvalue weighted by Gasteiger charge is 2.38. The van der Waals surface area contributed by atoms with Crippen LogP contribution in [-0.2, 0) is 32.2 Å². The Labute approximate surface area is 246 Å². The van der Waals surface area contributed by atoms with Crippen molar-refractivity contribution in [1.29, 1.82) is 0 Å². The summed E-state index contributed by atoms with van der Waals surface area (Å²) in [7, 11) is 0. The lowest BCUT2D eigenvalue weighted by Gasteiger charge is -2.41. The van der Waals surface area contributed by atoms with E-state index in [0.717, 1.165) is 36.8 Å². The van der Waals surface area contributed by atoms with Crippen molar-refractivity contribution in [1.82, 2.24) is 10.3 Å². The topological polar surface area (TPSA) is 118 Å². The van der Waals surface area contributed by atoms with E-state index >= 15 is 0 Å². The maximum Gasteiger partial charge on any atom is 0.303 e. The summed E-state index contributed by atoms with van der Waals surface area (Å²) in [5.41, 5.74) is 4.63. The summed E-state index contributed by atoms with van der Waals surface area (Å²) in [6, 6.07) is 23.7. The molecule has 4 aromatic rings. The summed E-state index contributed by atoms with van der Waals surface area (Å²) in [4.78, 5) is 27.3. The summed E-state index contributed by atoms with van der Waals surface area (Å²) in [6.45, 7) is 2.44. The van der Waals surface area contributed by atoms with Crippen LogP contribution in [0.2, 0.25) is 0 Å². The number of hydrogen-bond donors (Lipinski definition) is 3. The number of amides is 1. The first-order valence-corrected chi connectivity index (χ1v) is 15.3. The number of hydrogen-bond acceptors (Lipinski definition) is 8. The SMILES string of the molecule is C[C@H]1[C@@H](CSc2nc3ccccc3s2)O[C@@H](c2ccc(CNC(=O)CCC(=O)O)cc2)O[C@H]1c1ccc(CO)cc1. The average Bonchev–Trinajstić information content (AvgIpc) is 3.42. The van der Waals surface area contributed by atoms with Crippen LogP contribution in [0.1, 0.15) is 54.4 Å². The van der Waals surface area contributed by atoms with Crippen LogP contribution >= 0.6 is 23.1 Å². The lowest BCUT2D eigenvalue weighted by Crippen LogP contribution is -2.38. The molecule has 1 aromatic heterocycles. The first-order valence-electron chi connectivity index (χ1n) is 13.5. The minimum Gasteiger partial charge on any atom is -0.481 e. The molecule has 1 amide bonds. The molecule has 0 bridgehead atoms. The average molecular weight is 593 g/mol. The summed E-state index contributed by atoms with van der Waals surface area (Å²) >= 11 is 3.37. The zero-order valence-electron chi connectivity index (χ0n) is 22.6. The van der Waals surface area contributed by atoms with Crippen LogP contribution in [0.3, 0.4) is 0 Å². The summed E-state index contributed by atoms with van der Waals surface area (Å²) in [6.07, 6.45) is -1.15. The highest BCUT2D eigenvalue weighted by molar-refractivity contribution is 8.01. The van der Waals surface area contributed by atoms with Crippen LogP contribution in [0.4, 0.5) is 0 Å². The van der Waals surface area contributed by atoms with Crippen molar-refractivity contribution in [3.05, 3.63) is 95.1 Å². The molecule has 0 radical (unpaired) electrons. The molecule has 0 unspecified atom stereocenters. The molecule has 4 atom stereocenters. The third-order valence-corrected chi connectivity index (χ3v) is 9.34. The predicted octanol–water partition coefficient (Wildman–Crippen LogP) is 5.85. The van der Waals surface area contributed by atoms with Crippen LogP contribution in [-0.4, -0.2) is 38.9 Å². The van der Waals surface area contributed by atoms with Gasteiger partial charge in [0.1, 0.15) is 0 Å². The first-order chi connectivity index (χ1) is 19.9. The van der Waals surface area contributed by atoms with Crippen LogP contribution in [0.5, 0.6) is 0 Å². The van der Waals surface area contributed by atoms with E-state index < -0.39 is 12.3 Å². The normalized spacial score (nSPS) is 20.6. The number of fused-ring (bicyclic) bond motifs is 1. The molecule has 3 aromatic carbocycles. The number of nitrogens with one attached hydrogen (secondary N) is 1. The number of thioether (sulfide) groups is 1. The van der Waals surface area contributed by atoms with Crippen molar-refractivity contribution in [2.24, 2.45) is 5.92 Å². The molecule has 1 aliphatic rings. The number of carbonyl (C=O) groups is 2. The van der Waals surface area contributed by atoms with Gasteiger partial charge in [-0.2, -0.15) is 0 Å². The molecule has 1 aliphatic heterocycles. The number of aliphatic hydroxyl groups is 1. The number of nitrogens with zero attached hydrogens (tertiary/aromatic N) is 1. The van der Waals surface area contributed by atoms with Crippen molar-refractivity contribution in [3.8, 4) is 0 Å². The molecule has 41 heavy (non-hydrogen) atoms. The minimum atomic E-state index is -0.995. The second kappa shape index (κ2) is 13.6. The molecule has 8 nitrogen and oxygen atoms in total. The number of carboxylic acids is 1. The number of thiazole rings is 1. The third kappa shape index (κ3) is 7.52. The fraction of sp³-hybridized carbons (Fsp3) is 0.323. The van der Waals surface area contributed by atoms with Gasteiger partial charge in [0.25, 0.3) is 0 Å². The molecule has 2 heterocycles. The second-order valence-electron chi connectivity index (χ2n) is 9.99. The number of rotatable bonds is 11. The summed E-state index contributed by atoms with van der Waals surface area (Å²) in [5.74, 6) is -0.515. The van der Waals surface area contributed by atoms with Crippen LogP contribution in [0, 0.1) is 5.92 Å². The minimum absolute atomic E-state index is 0.0130. The largest absolute Gasteiger partial charge is 0.481 e. The number of carboxylic acid groups (broad SMARTS) is 1. The highest BCUT2D eigenvalue weighted by Crippen LogP contribution is 2.43. The van der Waals surface area contributed by atoms with Gasteiger partial charge in [-0.05, 0) is 28.8 Å². The lowest BCUT2D eigenvalue weighted by molar-refractivity contribution is -0.268. The van der Waals surface area contributed by atoms with Crippen molar-refractivity contribution < 1.29 is 29.3 Å². The monoisotopic (exact) mass is 592 g/mol. The molecule has 214 valence electrons. The number of benzene rings is 3. The number of aliphatic carboxylic acids is 1. The Morgan fingerprint density at radius 2 is 1.66 bits per heavy atom. The number of aromatic nitrogens is 1. The molecule has 0 saturated carbocycles. The van der Waals surface area contributed by atoms with Gasteiger partial charge in [-0.25, -0.2) is 4.98 Å². The van der Waals surface area contributed by atoms with Crippen molar-refractivity contribution in [2.75, 3.05) is 5.75 Å². The predicted molar refractivity (Wildman–Crippen MR) is 158 cm³/mol. The highest BCUT2D eigenvalue weighted by atomic mass is 32.2. The number of para-hydroxylation sites is 1. The van der Waals surface area contributed by atoms with Gasteiger partial charge in [-0.1, -0.05) is 79.3 Å². The van der Waals surface area contributed by atoms with E-state index in [4.69, 9.17) is 19.6 Å².